The van der Waals surface area contributed by atoms with E-state index in [9.17, 15) is 9.11 Å². The Morgan fingerprint density at radius 3 is 2.77 bits per heavy atom. The Morgan fingerprint density at radius 1 is 1.19 bits per heavy atom. The molecule has 1 aromatic heterocycles. The van der Waals surface area contributed by atoms with E-state index >= 15 is 0 Å². The zero-order valence-electron chi connectivity index (χ0n) is 16.8. The van der Waals surface area contributed by atoms with Crippen molar-refractivity contribution < 1.29 is 13.8 Å². The standard InChI is InChI=1S/C21H24ClN5O3S/c22-15-5-6-17-16(9-15)19(24-11-21(23)12-30-13-21)26-20(25-17)27-7-8-31(28,29)18-4-2-1-3-14(18)10-27/h1-6,9,28-29H,7-8,10-13,23H2,(H,24,25,26). The largest absolute Gasteiger partial charge is 0.377 e. The van der Waals surface area contributed by atoms with Crippen molar-refractivity contribution in [2.45, 2.75) is 17.0 Å². The number of fused-ring (bicyclic) bond motifs is 2. The second-order valence-corrected chi connectivity index (χ2v) is 10.8. The Kier molecular flexibility index (Phi) is 5.20. The van der Waals surface area contributed by atoms with Gasteiger partial charge in [0.05, 0.1) is 34.9 Å². The van der Waals surface area contributed by atoms with Crippen LogP contribution in [0, 0.1) is 0 Å². The number of hydrogen-bond acceptors (Lipinski definition) is 8. The van der Waals surface area contributed by atoms with Crippen molar-refractivity contribution in [2.75, 3.05) is 42.3 Å². The third-order valence-corrected chi connectivity index (χ3v) is 7.74. The van der Waals surface area contributed by atoms with Gasteiger partial charge < -0.3 is 20.7 Å². The Hall–Kier alpha value is -2.14. The lowest BCUT2D eigenvalue weighted by atomic mass is 9.99. The van der Waals surface area contributed by atoms with E-state index in [2.05, 4.69) is 5.32 Å². The summed E-state index contributed by atoms with van der Waals surface area (Å²) in [5.41, 5.74) is 7.48. The highest BCUT2D eigenvalue weighted by atomic mass is 35.5. The first-order valence-electron chi connectivity index (χ1n) is 10.00. The highest BCUT2D eigenvalue weighted by Crippen LogP contribution is 2.51. The van der Waals surface area contributed by atoms with Crippen molar-refractivity contribution in [3.8, 4) is 0 Å². The van der Waals surface area contributed by atoms with Gasteiger partial charge in [0, 0.05) is 30.0 Å². The van der Waals surface area contributed by atoms with Crippen LogP contribution in [0.1, 0.15) is 5.56 Å². The number of rotatable bonds is 4. The van der Waals surface area contributed by atoms with E-state index in [1.807, 2.05) is 35.2 Å². The molecule has 0 unspecified atom stereocenters. The summed E-state index contributed by atoms with van der Waals surface area (Å²) >= 11 is 6.23. The lowest BCUT2D eigenvalue weighted by Crippen LogP contribution is -2.61. The number of halogens is 1. The molecular formula is C21H24ClN5O3S. The molecule has 1 saturated heterocycles. The number of nitrogens with zero attached hydrogens (tertiary/aromatic N) is 3. The number of hydrogen-bond donors (Lipinski definition) is 4. The maximum atomic E-state index is 10.7. The van der Waals surface area contributed by atoms with Crippen LogP contribution in [0.25, 0.3) is 10.9 Å². The zero-order valence-corrected chi connectivity index (χ0v) is 18.4. The summed E-state index contributed by atoms with van der Waals surface area (Å²) in [5, 5.41) is 4.75. The number of aromatic nitrogens is 2. The summed E-state index contributed by atoms with van der Waals surface area (Å²) < 4.78 is 26.6. The van der Waals surface area contributed by atoms with Crippen LogP contribution in [0.4, 0.5) is 11.8 Å². The molecule has 0 saturated carbocycles. The van der Waals surface area contributed by atoms with E-state index in [-0.39, 0.29) is 5.75 Å². The molecule has 2 aliphatic heterocycles. The molecule has 31 heavy (non-hydrogen) atoms. The molecule has 3 heterocycles. The van der Waals surface area contributed by atoms with Crippen LogP contribution in [-0.2, 0) is 11.3 Å². The van der Waals surface area contributed by atoms with Gasteiger partial charge in [-0.1, -0.05) is 29.8 Å². The molecule has 0 atom stereocenters. The summed E-state index contributed by atoms with van der Waals surface area (Å²) in [6.07, 6.45) is 0. The molecule has 1 fully saturated rings. The molecule has 8 nitrogen and oxygen atoms in total. The SMILES string of the molecule is NC1(CNc2nc(N3CCS(O)(O)c4ccccc4C3)nc3ccc(Cl)cc23)COC1. The average molecular weight is 462 g/mol. The van der Waals surface area contributed by atoms with E-state index < -0.39 is 16.1 Å². The van der Waals surface area contributed by atoms with Gasteiger partial charge in [-0.2, -0.15) is 15.6 Å². The van der Waals surface area contributed by atoms with Gasteiger partial charge in [-0.3, -0.25) is 9.11 Å². The Balaban J connectivity index is 1.53. The molecule has 2 aliphatic rings. The van der Waals surface area contributed by atoms with Gasteiger partial charge in [0.25, 0.3) is 0 Å². The first-order chi connectivity index (χ1) is 14.8. The highest BCUT2D eigenvalue weighted by molar-refractivity contribution is 8.24. The summed E-state index contributed by atoms with van der Waals surface area (Å²) in [6, 6.07) is 12.9. The maximum Gasteiger partial charge on any atom is 0.228 e. The average Bonchev–Trinajstić information content (AvgIpc) is 2.87. The normalized spacial score (nSPS) is 20.5. The number of nitrogens with one attached hydrogen (secondary N) is 1. The fourth-order valence-corrected chi connectivity index (χ4v) is 5.56. The third kappa shape index (κ3) is 4.05. The maximum absolute atomic E-state index is 10.7. The molecule has 164 valence electrons. The minimum absolute atomic E-state index is 0.220. The predicted molar refractivity (Wildman–Crippen MR) is 124 cm³/mol. The van der Waals surface area contributed by atoms with Crippen LogP contribution in [0.3, 0.4) is 0 Å². The molecule has 5 N–H and O–H groups in total. The fourth-order valence-electron chi connectivity index (χ4n) is 3.85. The van der Waals surface area contributed by atoms with Gasteiger partial charge in [-0.25, -0.2) is 4.98 Å². The van der Waals surface area contributed by atoms with E-state index in [0.717, 1.165) is 16.5 Å². The van der Waals surface area contributed by atoms with Gasteiger partial charge in [0.2, 0.25) is 5.95 Å². The highest BCUT2D eigenvalue weighted by Gasteiger charge is 2.34. The summed E-state index contributed by atoms with van der Waals surface area (Å²) in [6.45, 7) is 2.41. The number of nitrogens with two attached hydrogens (primary N) is 1. The van der Waals surface area contributed by atoms with Crippen LogP contribution in [0.15, 0.2) is 47.4 Å². The number of anilines is 2. The number of benzene rings is 2. The Bertz CT molecular complexity index is 1140. The minimum Gasteiger partial charge on any atom is -0.377 e. The Labute approximate surface area is 186 Å². The third-order valence-electron chi connectivity index (χ3n) is 5.65. The van der Waals surface area contributed by atoms with Crippen LogP contribution in [0.2, 0.25) is 5.02 Å². The van der Waals surface area contributed by atoms with Crippen LogP contribution >= 0.6 is 22.2 Å². The zero-order chi connectivity index (χ0) is 21.6. The van der Waals surface area contributed by atoms with Crippen molar-refractivity contribution in [1.29, 1.82) is 0 Å². The lowest BCUT2D eigenvalue weighted by molar-refractivity contribution is -0.0461. The van der Waals surface area contributed by atoms with E-state index in [1.54, 1.807) is 12.1 Å². The minimum atomic E-state index is -2.86. The van der Waals surface area contributed by atoms with Gasteiger partial charge in [0.15, 0.2) is 0 Å². The molecule has 0 spiro atoms. The summed E-state index contributed by atoms with van der Waals surface area (Å²) in [7, 11) is -2.86. The molecule has 0 bridgehead atoms. The second-order valence-electron chi connectivity index (χ2n) is 8.14. The fraction of sp³-hybridized carbons (Fsp3) is 0.333. The van der Waals surface area contributed by atoms with Crippen LogP contribution in [-0.4, -0.2) is 56.7 Å². The monoisotopic (exact) mass is 461 g/mol. The van der Waals surface area contributed by atoms with Gasteiger partial charge >= 0.3 is 0 Å². The van der Waals surface area contributed by atoms with Gasteiger partial charge in [-0.15, -0.1) is 0 Å². The van der Waals surface area contributed by atoms with Gasteiger partial charge in [0.1, 0.15) is 5.82 Å². The number of ether oxygens (including phenoxy) is 1. The topological polar surface area (TPSA) is 117 Å². The molecule has 2 aromatic carbocycles. The summed E-state index contributed by atoms with van der Waals surface area (Å²) in [5.74, 6) is 1.38. The molecule has 0 aliphatic carbocycles. The first kappa shape index (κ1) is 20.7. The smallest absolute Gasteiger partial charge is 0.228 e. The summed E-state index contributed by atoms with van der Waals surface area (Å²) in [4.78, 5) is 12.1. The van der Waals surface area contributed by atoms with E-state index in [1.165, 1.54) is 0 Å². The predicted octanol–water partition coefficient (Wildman–Crippen LogP) is 3.55. The molecule has 3 aromatic rings. The van der Waals surface area contributed by atoms with Crippen molar-refractivity contribution >= 4 is 44.9 Å². The van der Waals surface area contributed by atoms with Crippen molar-refractivity contribution in [3.05, 3.63) is 53.1 Å². The molecule has 10 heteroatoms. The van der Waals surface area contributed by atoms with E-state index in [0.29, 0.717) is 54.5 Å². The van der Waals surface area contributed by atoms with Crippen molar-refractivity contribution in [2.24, 2.45) is 5.73 Å². The Morgan fingerprint density at radius 2 is 2.00 bits per heavy atom. The van der Waals surface area contributed by atoms with Gasteiger partial charge in [-0.05, 0) is 29.8 Å². The van der Waals surface area contributed by atoms with Crippen LogP contribution in [0.5, 0.6) is 0 Å². The van der Waals surface area contributed by atoms with Crippen molar-refractivity contribution in [3.63, 3.8) is 0 Å². The van der Waals surface area contributed by atoms with Crippen molar-refractivity contribution in [1.82, 2.24) is 9.97 Å². The molecular weight excluding hydrogens is 438 g/mol. The van der Waals surface area contributed by atoms with E-state index in [4.69, 9.17) is 32.0 Å². The quantitative estimate of drug-likeness (QED) is 0.466. The van der Waals surface area contributed by atoms with Crippen LogP contribution < -0.4 is 16.0 Å². The lowest BCUT2D eigenvalue weighted by Gasteiger charge is -2.38. The first-order valence-corrected chi connectivity index (χ1v) is 12.1. The molecule has 5 rings (SSSR count). The molecule has 0 radical (unpaired) electrons. The molecule has 0 amide bonds. The second kappa shape index (κ2) is 7.77.